The Hall–Kier alpha value is -1.75. The third-order valence-corrected chi connectivity index (χ3v) is 4.02. The van der Waals surface area contributed by atoms with Gasteiger partial charge in [0.2, 0.25) is 0 Å². The first-order valence-corrected chi connectivity index (χ1v) is 7.34. The van der Waals surface area contributed by atoms with Crippen LogP contribution in [-0.4, -0.2) is 34.3 Å². The average molecular weight is 291 g/mol. The SMILES string of the molecule is Fc1cc(F)cc(CC2CCN(CCn3cccn3)C2)c1. The molecule has 0 aliphatic carbocycles. The molecule has 0 amide bonds. The number of hydrogen-bond donors (Lipinski definition) is 0. The molecule has 112 valence electrons. The Kier molecular flexibility index (Phi) is 4.29. The molecule has 21 heavy (non-hydrogen) atoms. The van der Waals surface area contributed by atoms with Gasteiger partial charge in [-0.15, -0.1) is 0 Å². The predicted molar refractivity (Wildman–Crippen MR) is 76.8 cm³/mol. The Morgan fingerprint density at radius 3 is 2.67 bits per heavy atom. The first-order chi connectivity index (χ1) is 10.2. The van der Waals surface area contributed by atoms with Gasteiger partial charge in [-0.2, -0.15) is 5.10 Å². The topological polar surface area (TPSA) is 21.1 Å². The van der Waals surface area contributed by atoms with Crippen LogP contribution in [0.4, 0.5) is 8.78 Å². The fourth-order valence-electron chi connectivity index (χ4n) is 3.02. The van der Waals surface area contributed by atoms with Gasteiger partial charge in [0.25, 0.3) is 0 Å². The largest absolute Gasteiger partial charge is 0.301 e. The van der Waals surface area contributed by atoms with Crippen LogP contribution in [0.15, 0.2) is 36.7 Å². The van der Waals surface area contributed by atoms with E-state index in [1.54, 1.807) is 6.20 Å². The summed E-state index contributed by atoms with van der Waals surface area (Å²) < 4.78 is 28.3. The van der Waals surface area contributed by atoms with E-state index >= 15 is 0 Å². The van der Waals surface area contributed by atoms with Gasteiger partial charge < -0.3 is 4.90 Å². The van der Waals surface area contributed by atoms with Gasteiger partial charge in [-0.1, -0.05) is 0 Å². The summed E-state index contributed by atoms with van der Waals surface area (Å²) in [4.78, 5) is 2.39. The fourth-order valence-corrected chi connectivity index (χ4v) is 3.02. The second-order valence-corrected chi connectivity index (χ2v) is 5.71. The van der Waals surface area contributed by atoms with Gasteiger partial charge in [0.05, 0.1) is 6.54 Å². The molecule has 1 fully saturated rings. The highest BCUT2D eigenvalue weighted by molar-refractivity contribution is 5.18. The lowest BCUT2D eigenvalue weighted by Gasteiger charge is -2.16. The van der Waals surface area contributed by atoms with E-state index in [1.807, 2.05) is 16.9 Å². The molecular weight excluding hydrogens is 272 g/mol. The number of hydrogen-bond acceptors (Lipinski definition) is 2. The van der Waals surface area contributed by atoms with E-state index in [1.165, 1.54) is 12.1 Å². The summed E-state index contributed by atoms with van der Waals surface area (Å²) in [5.74, 6) is -0.499. The summed E-state index contributed by atoms with van der Waals surface area (Å²) >= 11 is 0. The van der Waals surface area contributed by atoms with E-state index < -0.39 is 11.6 Å². The van der Waals surface area contributed by atoms with Crippen molar-refractivity contribution in [1.82, 2.24) is 14.7 Å². The highest BCUT2D eigenvalue weighted by Crippen LogP contribution is 2.21. The number of rotatable bonds is 5. The van der Waals surface area contributed by atoms with Gasteiger partial charge in [0, 0.05) is 31.5 Å². The highest BCUT2D eigenvalue weighted by atomic mass is 19.1. The number of benzene rings is 1. The predicted octanol–water partition coefficient (Wildman–Crippen LogP) is 2.73. The number of aromatic nitrogens is 2. The van der Waals surface area contributed by atoms with Crippen LogP contribution in [0.1, 0.15) is 12.0 Å². The van der Waals surface area contributed by atoms with Crippen molar-refractivity contribution in [2.75, 3.05) is 19.6 Å². The molecule has 2 aromatic rings. The summed E-state index contributed by atoms with van der Waals surface area (Å²) in [6.07, 6.45) is 5.57. The van der Waals surface area contributed by atoms with Gasteiger partial charge in [-0.3, -0.25) is 4.68 Å². The lowest BCUT2D eigenvalue weighted by atomic mass is 9.98. The van der Waals surface area contributed by atoms with Crippen molar-refractivity contribution in [2.45, 2.75) is 19.4 Å². The molecule has 1 aliphatic heterocycles. The Bertz CT molecular complexity index is 563. The van der Waals surface area contributed by atoms with Gasteiger partial charge in [-0.05, 0) is 49.1 Å². The van der Waals surface area contributed by atoms with Crippen LogP contribution >= 0.6 is 0 Å². The summed E-state index contributed by atoms with van der Waals surface area (Å²) in [6.45, 7) is 3.88. The van der Waals surface area contributed by atoms with Crippen LogP contribution in [0, 0.1) is 17.6 Å². The number of likely N-dealkylation sites (tertiary alicyclic amines) is 1. The van der Waals surface area contributed by atoms with E-state index in [0.29, 0.717) is 5.92 Å². The van der Waals surface area contributed by atoms with Crippen LogP contribution in [0.3, 0.4) is 0 Å². The summed E-state index contributed by atoms with van der Waals surface area (Å²) in [5, 5.41) is 4.19. The third kappa shape index (κ3) is 3.88. The van der Waals surface area contributed by atoms with Crippen LogP contribution in [0.2, 0.25) is 0 Å². The molecule has 1 aliphatic rings. The first-order valence-electron chi connectivity index (χ1n) is 7.34. The molecule has 1 saturated heterocycles. The third-order valence-electron chi connectivity index (χ3n) is 4.02. The highest BCUT2D eigenvalue weighted by Gasteiger charge is 2.22. The molecule has 1 atom stereocenters. The average Bonchev–Trinajstić information content (AvgIpc) is 3.06. The van der Waals surface area contributed by atoms with E-state index in [4.69, 9.17) is 0 Å². The zero-order valence-corrected chi connectivity index (χ0v) is 11.9. The van der Waals surface area contributed by atoms with Crippen LogP contribution in [-0.2, 0) is 13.0 Å². The van der Waals surface area contributed by atoms with Crippen molar-refractivity contribution in [1.29, 1.82) is 0 Å². The van der Waals surface area contributed by atoms with Crippen molar-refractivity contribution in [3.63, 3.8) is 0 Å². The maximum atomic E-state index is 13.2. The second-order valence-electron chi connectivity index (χ2n) is 5.71. The number of halogens is 2. The second kappa shape index (κ2) is 6.35. The zero-order valence-electron chi connectivity index (χ0n) is 11.9. The van der Waals surface area contributed by atoms with Gasteiger partial charge in [0.1, 0.15) is 11.6 Å². The summed E-state index contributed by atoms with van der Waals surface area (Å²) in [5.41, 5.74) is 0.756. The van der Waals surface area contributed by atoms with Crippen LogP contribution < -0.4 is 0 Å². The van der Waals surface area contributed by atoms with Crippen molar-refractivity contribution in [2.24, 2.45) is 5.92 Å². The minimum Gasteiger partial charge on any atom is -0.301 e. The molecule has 1 aromatic carbocycles. The molecule has 0 bridgehead atoms. The van der Waals surface area contributed by atoms with E-state index in [2.05, 4.69) is 10.00 Å². The Labute approximate surface area is 123 Å². The Balaban J connectivity index is 1.50. The maximum Gasteiger partial charge on any atom is 0.126 e. The molecule has 0 saturated carbocycles. The quantitative estimate of drug-likeness (QED) is 0.844. The van der Waals surface area contributed by atoms with Crippen LogP contribution in [0.25, 0.3) is 0 Å². The molecular formula is C16H19F2N3. The normalized spacial score (nSPS) is 19.2. The van der Waals surface area contributed by atoms with Crippen molar-refractivity contribution < 1.29 is 8.78 Å². The van der Waals surface area contributed by atoms with E-state index in [0.717, 1.165) is 50.7 Å². The minimum atomic E-state index is -0.487. The van der Waals surface area contributed by atoms with Crippen LogP contribution in [0.5, 0.6) is 0 Å². The standard InChI is InChI=1S/C16H19F2N3/c17-15-9-14(10-16(18)11-15)8-13-2-5-20(12-13)6-7-21-4-1-3-19-21/h1,3-4,9-11,13H,2,5-8,12H2. The van der Waals surface area contributed by atoms with Crippen molar-refractivity contribution in [3.8, 4) is 0 Å². The maximum absolute atomic E-state index is 13.2. The molecule has 1 unspecified atom stereocenters. The first kappa shape index (κ1) is 14.2. The minimum absolute atomic E-state index is 0.476. The van der Waals surface area contributed by atoms with Crippen molar-refractivity contribution in [3.05, 3.63) is 53.9 Å². The molecule has 0 spiro atoms. The van der Waals surface area contributed by atoms with Gasteiger partial charge in [-0.25, -0.2) is 8.78 Å². The van der Waals surface area contributed by atoms with Gasteiger partial charge in [0.15, 0.2) is 0 Å². The zero-order chi connectivity index (χ0) is 14.7. The smallest absolute Gasteiger partial charge is 0.126 e. The number of nitrogens with zero attached hydrogens (tertiary/aromatic N) is 3. The molecule has 0 N–H and O–H groups in total. The Morgan fingerprint density at radius 1 is 1.14 bits per heavy atom. The fraction of sp³-hybridized carbons (Fsp3) is 0.438. The lowest BCUT2D eigenvalue weighted by molar-refractivity contribution is 0.303. The van der Waals surface area contributed by atoms with E-state index in [9.17, 15) is 8.78 Å². The summed E-state index contributed by atoms with van der Waals surface area (Å²) in [7, 11) is 0. The monoisotopic (exact) mass is 291 g/mol. The molecule has 0 radical (unpaired) electrons. The van der Waals surface area contributed by atoms with E-state index in [-0.39, 0.29) is 0 Å². The molecule has 3 rings (SSSR count). The molecule has 2 heterocycles. The molecule has 5 heteroatoms. The summed E-state index contributed by atoms with van der Waals surface area (Å²) in [6, 6.07) is 5.73. The van der Waals surface area contributed by atoms with Gasteiger partial charge >= 0.3 is 0 Å². The van der Waals surface area contributed by atoms with Crippen molar-refractivity contribution >= 4 is 0 Å². The lowest BCUT2D eigenvalue weighted by Crippen LogP contribution is -2.25. The molecule has 1 aromatic heterocycles. The molecule has 3 nitrogen and oxygen atoms in total. The Morgan fingerprint density at radius 2 is 1.95 bits per heavy atom.